The largest absolute Gasteiger partial charge is 0.476 e. The number of nitrogen functional groups attached to an aromatic ring is 3. The summed E-state index contributed by atoms with van der Waals surface area (Å²) in [7, 11) is -13.8. The third-order valence-electron chi connectivity index (χ3n) is 9.26. The summed E-state index contributed by atoms with van der Waals surface area (Å²) in [6.45, 7) is 10.3. The zero-order valence-corrected chi connectivity index (χ0v) is 41.1. The van der Waals surface area contributed by atoms with Crippen LogP contribution in [0.4, 0.5) is 17.3 Å². The molecule has 0 saturated heterocycles. The Morgan fingerprint density at radius 2 is 0.970 bits per heavy atom. The van der Waals surface area contributed by atoms with Crippen molar-refractivity contribution in [3.8, 4) is 22.5 Å². The van der Waals surface area contributed by atoms with Gasteiger partial charge in [0.25, 0.3) is 0 Å². The van der Waals surface area contributed by atoms with Crippen molar-refractivity contribution in [1.82, 2.24) is 19.9 Å². The summed E-state index contributed by atoms with van der Waals surface area (Å²) in [4.78, 5) is 40.2. The normalized spacial score (nSPS) is 13.1. The molecule has 67 heavy (non-hydrogen) atoms. The van der Waals surface area contributed by atoms with Gasteiger partial charge in [-0.3, -0.25) is 13.9 Å². The number of carboxylic acid groups (broad SMARTS) is 1. The number of nitrogens with two attached hydrogens (primary N) is 3. The average molecular weight is 994 g/mol. The smallest absolute Gasteiger partial charge is 0.358 e. The number of anilines is 3. The van der Waals surface area contributed by atoms with E-state index in [1.807, 2.05) is 62.4 Å². The second-order valence-corrected chi connectivity index (χ2v) is 25.2. The quantitative estimate of drug-likeness (QED) is 0.0408. The number of rotatable bonds is 16. The summed E-state index contributed by atoms with van der Waals surface area (Å²) in [6.07, 6.45) is 2.96. The molecule has 0 amide bonds. The molecule has 0 aliphatic rings. The number of aryl methyl sites for hydroxylation is 2. The van der Waals surface area contributed by atoms with Crippen LogP contribution in [0.15, 0.2) is 119 Å². The van der Waals surface area contributed by atoms with E-state index in [2.05, 4.69) is 19.9 Å². The summed E-state index contributed by atoms with van der Waals surface area (Å²) in [5.74, 6) is -1.55. The second kappa shape index (κ2) is 23.0. The topological polar surface area (TPSA) is 305 Å². The van der Waals surface area contributed by atoms with Gasteiger partial charge in [-0.1, -0.05) is 71.8 Å². The average Bonchev–Trinajstić information content (AvgIpc) is 3.24. The predicted octanol–water partition coefficient (Wildman–Crippen LogP) is 7.81. The van der Waals surface area contributed by atoms with E-state index in [9.17, 15) is 35.6 Å². The molecule has 356 valence electrons. The van der Waals surface area contributed by atoms with Crippen LogP contribution < -0.4 is 17.2 Å². The Hall–Kier alpha value is -6.14. The van der Waals surface area contributed by atoms with E-state index >= 15 is 0 Å². The van der Waals surface area contributed by atoms with E-state index in [4.69, 9.17) is 31.4 Å². The predicted molar refractivity (Wildman–Crippen MR) is 260 cm³/mol. The Morgan fingerprint density at radius 1 is 0.597 bits per heavy atom. The molecule has 0 aliphatic heterocycles. The van der Waals surface area contributed by atoms with Crippen LogP contribution in [0.5, 0.6) is 0 Å². The summed E-state index contributed by atoms with van der Waals surface area (Å²) in [5, 5.41) is 8.90. The maximum Gasteiger partial charge on any atom is 0.358 e. The van der Waals surface area contributed by atoms with Crippen molar-refractivity contribution in [3.63, 3.8) is 0 Å². The first-order valence-corrected chi connectivity index (χ1v) is 28.1. The van der Waals surface area contributed by atoms with E-state index in [-0.39, 0.29) is 58.2 Å². The van der Waals surface area contributed by atoms with E-state index in [1.54, 1.807) is 26.0 Å². The number of carbonyl (C=O) groups is 2. The molecule has 0 fully saturated rings. The minimum atomic E-state index is -3.80. The van der Waals surface area contributed by atoms with E-state index < -0.39 is 51.4 Å². The maximum atomic E-state index is 12.9. The van der Waals surface area contributed by atoms with Gasteiger partial charge in [-0.25, -0.2) is 41.6 Å². The molecular formula is C45H53N7O11P2S2. The lowest BCUT2D eigenvalue weighted by molar-refractivity contribution is 0.0691. The lowest BCUT2D eigenvalue weighted by Crippen LogP contribution is -2.12. The number of carboxylic acids is 1. The highest BCUT2D eigenvalue weighted by atomic mass is 32.2. The first-order chi connectivity index (χ1) is 31.3. The molecule has 0 spiro atoms. The molecule has 0 radical (unpaired) electrons. The fraction of sp³-hybridized carbons (Fsp3) is 0.244. The van der Waals surface area contributed by atoms with Gasteiger partial charge in [0.05, 0.1) is 46.8 Å². The van der Waals surface area contributed by atoms with Gasteiger partial charge >= 0.3 is 5.97 Å². The molecule has 2 atom stereocenters. The minimum absolute atomic E-state index is 0.0150. The highest BCUT2D eigenvalue weighted by Crippen LogP contribution is 2.45. The van der Waals surface area contributed by atoms with Gasteiger partial charge in [-0.05, 0) is 69.7 Å². The summed E-state index contributed by atoms with van der Waals surface area (Å²) in [6, 6.07) is 26.9. The van der Waals surface area contributed by atoms with Crippen molar-refractivity contribution in [3.05, 3.63) is 138 Å². The summed E-state index contributed by atoms with van der Waals surface area (Å²) < 4.78 is 83.2. The molecule has 0 bridgehead atoms. The Bertz CT molecular complexity index is 3010. The monoisotopic (exact) mass is 993 g/mol. The van der Waals surface area contributed by atoms with Crippen LogP contribution in [-0.2, 0) is 44.3 Å². The zero-order valence-electron chi connectivity index (χ0n) is 37.7. The number of hydrogen-bond donors (Lipinski definition) is 4. The lowest BCUT2D eigenvalue weighted by Gasteiger charge is -2.13. The number of carbonyl (C=O) groups excluding carboxylic acids is 1. The molecule has 2 unspecified atom stereocenters. The molecule has 22 heteroatoms. The third-order valence-corrected chi connectivity index (χ3v) is 19.3. The van der Waals surface area contributed by atoms with Crippen LogP contribution >= 0.6 is 14.7 Å². The molecule has 0 aliphatic carbocycles. The maximum absolute atomic E-state index is 12.9. The molecular weight excluding hydrogens is 941 g/mol. The third kappa shape index (κ3) is 16.0. The van der Waals surface area contributed by atoms with Crippen molar-refractivity contribution in [2.75, 3.05) is 54.7 Å². The van der Waals surface area contributed by atoms with Gasteiger partial charge in [-0.15, -0.1) is 0 Å². The summed E-state index contributed by atoms with van der Waals surface area (Å²) >= 11 is 0. The van der Waals surface area contributed by atoms with Crippen LogP contribution in [0.3, 0.4) is 0 Å². The number of nitrogens with zero attached hydrogens (tertiary/aromatic N) is 4. The van der Waals surface area contributed by atoms with Crippen molar-refractivity contribution in [2.24, 2.45) is 0 Å². The number of aromatic nitrogens is 4. The fourth-order valence-corrected chi connectivity index (χ4v) is 15.0. The molecule has 18 nitrogen and oxygen atoms in total. The molecule has 0 saturated carbocycles. The van der Waals surface area contributed by atoms with Gasteiger partial charge < -0.3 is 31.4 Å². The molecule has 2 heterocycles. The van der Waals surface area contributed by atoms with Crippen molar-refractivity contribution in [1.29, 1.82) is 0 Å². The summed E-state index contributed by atoms with van der Waals surface area (Å²) in [5.41, 5.74) is 21.5. The number of aromatic carboxylic acids is 1. The SMILES string of the molecule is CCOP(C)(=O)CS(=O)(=O)c1ccc(CC(=O)c2nc(-c3ccc(C)cc3)cnc2N)cc1.CCOP(C)(=O)CS(=O)(=O)c1ccc(N)cc1.Cc1ccc(-c2cnc(N)c(C(=O)O)n2)cc1. The van der Waals surface area contributed by atoms with Crippen molar-refractivity contribution < 1.29 is 49.7 Å². The number of hydrogen-bond acceptors (Lipinski definition) is 17. The molecule has 6 aromatic rings. The highest BCUT2D eigenvalue weighted by molar-refractivity contribution is 7.98. The molecule has 2 aromatic heterocycles. The Labute approximate surface area is 390 Å². The van der Waals surface area contributed by atoms with Gasteiger partial charge in [-0.2, -0.15) is 0 Å². The van der Waals surface area contributed by atoms with Crippen LogP contribution in [0.2, 0.25) is 0 Å². The molecule has 7 N–H and O–H groups in total. The second-order valence-electron chi connectivity index (χ2n) is 15.2. The van der Waals surface area contributed by atoms with E-state index in [0.717, 1.165) is 22.3 Å². The number of ketones is 1. The van der Waals surface area contributed by atoms with Crippen molar-refractivity contribution >= 4 is 63.5 Å². The van der Waals surface area contributed by atoms with E-state index in [1.165, 1.54) is 62.1 Å². The fourth-order valence-electron chi connectivity index (χ4n) is 6.03. The van der Waals surface area contributed by atoms with Crippen LogP contribution in [0.1, 0.15) is 51.5 Å². The van der Waals surface area contributed by atoms with Gasteiger partial charge in [0.1, 0.15) is 16.7 Å². The molecule has 6 rings (SSSR count). The van der Waals surface area contributed by atoms with E-state index in [0.29, 0.717) is 22.6 Å². The Balaban J connectivity index is 0.000000242. The van der Waals surface area contributed by atoms with Gasteiger partial charge in [0, 0.05) is 36.6 Å². The number of Topliss-reactive ketones (excluding diaryl/α,β-unsaturated/α-hetero) is 1. The Morgan fingerprint density at radius 3 is 1.36 bits per heavy atom. The lowest BCUT2D eigenvalue weighted by atomic mass is 10.1. The number of sulfone groups is 2. The Kier molecular flexibility index (Phi) is 18.4. The first kappa shape index (κ1) is 53.5. The first-order valence-electron chi connectivity index (χ1n) is 20.3. The highest BCUT2D eigenvalue weighted by Gasteiger charge is 2.28. The van der Waals surface area contributed by atoms with Gasteiger partial charge in [0.2, 0.25) is 14.7 Å². The van der Waals surface area contributed by atoms with Crippen LogP contribution in [0.25, 0.3) is 22.5 Å². The minimum Gasteiger partial charge on any atom is -0.476 e. The van der Waals surface area contributed by atoms with Crippen molar-refractivity contribution in [2.45, 2.75) is 43.9 Å². The van der Waals surface area contributed by atoms with Crippen LogP contribution in [-0.4, -0.2) is 91.2 Å². The number of benzene rings is 4. The van der Waals surface area contributed by atoms with Gasteiger partial charge in [0.15, 0.2) is 42.8 Å². The molecule has 4 aromatic carbocycles. The standard InChI is InChI=1S/C23H26N3O5PS.C12H11N3O2.C10H16NO4PS/c1-4-31-32(3,28)15-33(29,30)19-11-7-17(8-12-19)13-21(27)22-23(24)25-14-20(26-22)18-9-5-16(2)6-10-18;1-7-2-4-8(5-3-7)9-6-14-11(13)10(15-9)12(16)17;1-3-15-16(2,12)8-17(13,14)10-6-4-9(11)5-7-10/h5-12,14H,4,13,15H2,1-3H3,(H2,24,25);2-6H,1H3,(H2,13,14)(H,16,17);4-7H,3,8,11H2,1-2H3. The zero-order chi connectivity index (χ0) is 49.7. The van der Waals surface area contributed by atoms with Crippen LogP contribution in [0, 0.1) is 13.8 Å².